The number of hydrogen-bond donors (Lipinski definition) is 1. The van der Waals surface area contributed by atoms with Crippen molar-refractivity contribution in [2.45, 2.75) is 6.54 Å². The molecule has 4 rings (SSSR count). The highest BCUT2D eigenvalue weighted by Gasteiger charge is 2.10. The highest BCUT2D eigenvalue weighted by atomic mass is 16.3. The maximum Gasteiger partial charge on any atom is 0.264 e. The van der Waals surface area contributed by atoms with E-state index in [1.807, 2.05) is 0 Å². The van der Waals surface area contributed by atoms with Gasteiger partial charge in [0.05, 0.1) is 34.1 Å². The van der Waals surface area contributed by atoms with Gasteiger partial charge in [0.15, 0.2) is 0 Å². The van der Waals surface area contributed by atoms with Crippen LogP contribution >= 0.6 is 0 Å². The van der Waals surface area contributed by atoms with Crippen molar-refractivity contribution in [1.82, 2.24) is 19.1 Å². The van der Waals surface area contributed by atoms with Gasteiger partial charge in [-0.05, 0) is 30.3 Å². The summed E-state index contributed by atoms with van der Waals surface area (Å²) in [5, 5.41) is 9.78. The normalized spacial score (nSPS) is 11.2. The Kier molecular flexibility index (Phi) is 3.62. The molecule has 25 heavy (non-hydrogen) atoms. The third-order valence-corrected chi connectivity index (χ3v) is 4.10. The summed E-state index contributed by atoms with van der Waals surface area (Å²) in [7, 11) is 0. The van der Waals surface area contributed by atoms with Gasteiger partial charge in [0.25, 0.3) is 11.1 Å². The number of rotatable bonds is 3. The summed E-state index contributed by atoms with van der Waals surface area (Å²) in [5.74, 6) is 0. The third-order valence-electron chi connectivity index (χ3n) is 4.10. The summed E-state index contributed by atoms with van der Waals surface area (Å²) < 4.78 is 2.90. The number of nitrogens with zero attached hydrogens (tertiary/aromatic N) is 4. The quantitative estimate of drug-likeness (QED) is 0.566. The fraction of sp³-hybridized carbons (Fsp3) is 0.111. The molecule has 0 saturated heterocycles. The standard InChI is InChI=1S/C18H14N4O3/c23-10-9-21-7-3-15-13(17(21)24)11-14-16(20-15)4-8-22(18(14)25)12-1-5-19-6-2-12/h1-8,11,23H,9-10H2. The average Bonchev–Trinajstić information content (AvgIpc) is 2.64. The summed E-state index contributed by atoms with van der Waals surface area (Å²) in [6.45, 7) is 0.0596. The van der Waals surface area contributed by atoms with E-state index in [0.717, 1.165) is 0 Å². The van der Waals surface area contributed by atoms with E-state index in [2.05, 4.69) is 9.97 Å². The first-order chi connectivity index (χ1) is 12.2. The van der Waals surface area contributed by atoms with Gasteiger partial charge in [0.1, 0.15) is 0 Å². The Morgan fingerprint density at radius 3 is 2.32 bits per heavy atom. The molecule has 4 heterocycles. The number of pyridine rings is 4. The number of aromatic nitrogens is 4. The van der Waals surface area contributed by atoms with Gasteiger partial charge in [-0.3, -0.25) is 19.1 Å². The van der Waals surface area contributed by atoms with Crippen molar-refractivity contribution in [3.8, 4) is 5.69 Å². The van der Waals surface area contributed by atoms with E-state index in [1.165, 1.54) is 9.13 Å². The number of aliphatic hydroxyl groups excluding tert-OH is 1. The predicted octanol–water partition coefficient (Wildman–Crippen LogP) is 1.09. The minimum absolute atomic E-state index is 0.138. The highest BCUT2D eigenvalue weighted by Crippen LogP contribution is 2.15. The second-order valence-corrected chi connectivity index (χ2v) is 5.59. The molecule has 7 nitrogen and oxygen atoms in total. The monoisotopic (exact) mass is 334 g/mol. The first-order valence-corrected chi connectivity index (χ1v) is 7.76. The average molecular weight is 334 g/mol. The maximum atomic E-state index is 12.8. The largest absolute Gasteiger partial charge is 0.395 e. The maximum absolute atomic E-state index is 12.8. The molecule has 0 aliphatic rings. The third kappa shape index (κ3) is 2.50. The highest BCUT2D eigenvalue weighted by molar-refractivity contribution is 5.91. The molecule has 0 fully saturated rings. The molecule has 0 unspecified atom stereocenters. The molecular weight excluding hydrogens is 320 g/mol. The van der Waals surface area contributed by atoms with Crippen LogP contribution in [0.25, 0.3) is 27.5 Å². The Morgan fingerprint density at radius 2 is 1.60 bits per heavy atom. The number of aliphatic hydroxyl groups is 1. The molecule has 0 spiro atoms. The van der Waals surface area contributed by atoms with Gasteiger partial charge in [-0.2, -0.15) is 0 Å². The van der Waals surface area contributed by atoms with Crippen LogP contribution in [-0.2, 0) is 6.54 Å². The first kappa shape index (κ1) is 15.2. The molecule has 4 aromatic rings. The lowest BCUT2D eigenvalue weighted by molar-refractivity contribution is 0.274. The molecule has 0 radical (unpaired) electrons. The van der Waals surface area contributed by atoms with Crippen LogP contribution in [0.1, 0.15) is 0 Å². The molecule has 124 valence electrons. The zero-order valence-corrected chi connectivity index (χ0v) is 13.2. The van der Waals surface area contributed by atoms with Crippen LogP contribution in [0.2, 0.25) is 0 Å². The zero-order chi connectivity index (χ0) is 17.4. The lowest BCUT2D eigenvalue weighted by Crippen LogP contribution is -2.22. The molecule has 4 aromatic heterocycles. The molecule has 7 heteroatoms. The Hall–Kier alpha value is -3.32. The summed E-state index contributed by atoms with van der Waals surface area (Å²) in [4.78, 5) is 33.8. The molecule has 0 aromatic carbocycles. The smallest absolute Gasteiger partial charge is 0.264 e. The number of hydrogen-bond acceptors (Lipinski definition) is 5. The molecule has 1 N–H and O–H groups in total. The van der Waals surface area contributed by atoms with Crippen molar-refractivity contribution >= 4 is 21.8 Å². The minimum atomic E-state index is -0.278. The van der Waals surface area contributed by atoms with Gasteiger partial charge < -0.3 is 9.67 Å². The number of fused-ring (bicyclic) bond motifs is 2. The predicted molar refractivity (Wildman–Crippen MR) is 94.0 cm³/mol. The summed E-state index contributed by atoms with van der Waals surface area (Å²) in [5.41, 5.74) is 1.21. The van der Waals surface area contributed by atoms with Crippen molar-refractivity contribution in [3.63, 3.8) is 0 Å². The van der Waals surface area contributed by atoms with Crippen molar-refractivity contribution in [3.05, 3.63) is 75.8 Å². The van der Waals surface area contributed by atoms with Crippen LogP contribution in [-0.4, -0.2) is 30.8 Å². The Balaban J connectivity index is 2.03. The molecule has 0 aliphatic heterocycles. The van der Waals surface area contributed by atoms with Crippen molar-refractivity contribution in [2.24, 2.45) is 0 Å². The Bertz CT molecular complexity index is 1200. The fourth-order valence-corrected chi connectivity index (χ4v) is 2.86. The molecule has 0 amide bonds. The molecule has 0 atom stereocenters. The van der Waals surface area contributed by atoms with Crippen LogP contribution in [0.3, 0.4) is 0 Å². The van der Waals surface area contributed by atoms with Gasteiger partial charge in [-0.1, -0.05) is 0 Å². The van der Waals surface area contributed by atoms with Crippen LogP contribution in [0.4, 0.5) is 0 Å². The Morgan fingerprint density at radius 1 is 0.920 bits per heavy atom. The second-order valence-electron chi connectivity index (χ2n) is 5.59. The van der Waals surface area contributed by atoms with Crippen LogP contribution in [0, 0.1) is 0 Å². The van der Waals surface area contributed by atoms with Crippen LogP contribution in [0.5, 0.6) is 0 Å². The second kappa shape index (κ2) is 5.95. The van der Waals surface area contributed by atoms with Gasteiger partial charge in [-0.15, -0.1) is 0 Å². The van der Waals surface area contributed by atoms with Gasteiger partial charge in [-0.25, -0.2) is 4.98 Å². The van der Waals surface area contributed by atoms with Gasteiger partial charge in [0, 0.05) is 31.3 Å². The summed E-state index contributed by atoms with van der Waals surface area (Å²) in [6.07, 6.45) is 6.47. The van der Waals surface area contributed by atoms with E-state index >= 15 is 0 Å². The van der Waals surface area contributed by atoms with E-state index in [4.69, 9.17) is 5.11 Å². The topological polar surface area (TPSA) is 90.0 Å². The van der Waals surface area contributed by atoms with E-state index in [1.54, 1.807) is 55.1 Å². The molecule has 0 saturated carbocycles. The van der Waals surface area contributed by atoms with Crippen molar-refractivity contribution in [2.75, 3.05) is 6.61 Å². The Labute approximate surface area is 141 Å². The summed E-state index contributed by atoms with van der Waals surface area (Å²) >= 11 is 0. The lowest BCUT2D eigenvalue weighted by Gasteiger charge is -2.08. The minimum Gasteiger partial charge on any atom is -0.395 e. The molecular formula is C18H14N4O3. The molecule has 0 bridgehead atoms. The van der Waals surface area contributed by atoms with Crippen LogP contribution < -0.4 is 11.1 Å². The van der Waals surface area contributed by atoms with E-state index in [9.17, 15) is 9.59 Å². The summed E-state index contributed by atoms with van der Waals surface area (Å²) in [6, 6.07) is 8.50. The fourth-order valence-electron chi connectivity index (χ4n) is 2.86. The van der Waals surface area contributed by atoms with E-state index in [-0.39, 0.29) is 24.3 Å². The van der Waals surface area contributed by atoms with Crippen LogP contribution in [0.15, 0.2) is 64.7 Å². The molecule has 0 aliphatic carbocycles. The van der Waals surface area contributed by atoms with Crippen molar-refractivity contribution < 1.29 is 5.11 Å². The lowest BCUT2D eigenvalue weighted by atomic mass is 10.2. The first-order valence-electron chi connectivity index (χ1n) is 7.76. The van der Waals surface area contributed by atoms with E-state index in [0.29, 0.717) is 27.5 Å². The van der Waals surface area contributed by atoms with Gasteiger partial charge >= 0.3 is 0 Å². The van der Waals surface area contributed by atoms with E-state index < -0.39 is 0 Å². The SMILES string of the molecule is O=c1c2cc3c(=O)n(-c4ccncc4)ccc3nc2ccn1CCO. The van der Waals surface area contributed by atoms with Crippen molar-refractivity contribution in [1.29, 1.82) is 0 Å². The van der Waals surface area contributed by atoms with Gasteiger partial charge in [0.2, 0.25) is 0 Å². The zero-order valence-electron chi connectivity index (χ0n) is 13.2.